The second kappa shape index (κ2) is 10.2. The molecular weight excluding hydrogens is 364 g/mol. The zero-order valence-electron chi connectivity index (χ0n) is 16.4. The van der Waals surface area contributed by atoms with Gasteiger partial charge in [-0.25, -0.2) is 0 Å². The largest absolute Gasteiger partial charge is 0.493 e. The Morgan fingerprint density at radius 3 is 2.07 bits per heavy atom. The van der Waals surface area contributed by atoms with E-state index in [1.165, 1.54) is 34.5 Å². The zero-order valence-corrected chi connectivity index (χ0v) is 16.4. The summed E-state index contributed by atoms with van der Waals surface area (Å²) in [7, 11) is 6.02. The molecule has 0 spiro atoms. The molecule has 7 nitrogen and oxygen atoms in total. The molecule has 0 aliphatic rings. The third-order valence-corrected chi connectivity index (χ3v) is 3.91. The highest BCUT2D eigenvalue weighted by Gasteiger charge is 2.15. The number of rotatable bonds is 10. The van der Waals surface area contributed by atoms with Crippen molar-refractivity contribution in [1.29, 1.82) is 0 Å². The highest BCUT2D eigenvalue weighted by Crippen LogP contribution is 2.38. The smallest absolute Gasteiger partial charge is 0.203 e. The van der Waals surface area contributed by atoms with Gasteiger partial charge in [0.1, 0.15) is 6.61 Å². The van der Waals surface area contributed by atoms with E-state index in [0.717, 1.165) is 5.56 Å². The van der Waals surface area contributed by atoms with Gasteiger partial charge in [-0.1, -0.05) is 12.1 Å². The maximum Gasteiger partial charge on any atom is 0.203 e. The molecule has 0 aliphatic heterocycles. The molecule has 0 saturated carbocycles. The third-order valence-electron chi connectivity index (χ3n) is 3.91. The van der Waals surface area contributed by atoms with Crippen LogP contribution in [-0.2, 0) is 0 Å². The van der Waals surface area contributed by atoms with Crippen molar-refractivity contribution < 1.29 is 33.6 Å². The van der Waals surface area contributed by atoms with Crippen molar-refractivity contribution in [2.75, 3.05) is 41.7 Å². The number of aliphatic hydroxyl groups excluding tert-OH is 1. The van der Waals surface area contributed by atoms with Crippen LogP contribution in [-0.4, -0.2) is 52.5 Å². The third kappa shape index (κ3) is 4.95. The fourth-order valence-corrected chi connectivity index (χ4v) is 2.56. The van der Waals surface area contributed by atoms with Crippen LogP contribution < -0.4 is 23.7 Å². The Hall–Kier alpha value is -3.19. The number of ketones is 1. The second-order valence-electron chi connectivity index (χ2n) is 5.59. The second-order valence-corrected chi connectivity index (χ2v) is 5.59. The summed E-state index contributed by atoms with van der Waals surface area (Å²) in [6.45, 7) is 0.0384. The molecule has 2 rings (SSSR count). The number of carbonyl (C=O) groups excluding carboxylic acids is 1. The fourth-order valence-electron chi connectivity index (χ4n) is 2.56. The van der Waals surface area contributed by atoms with Crippen molar-refractivity contribution in [1.82, 2.24) is 0 Å². The number of hydrogen-bond acceptors (Lipinski definition) is 7. The minimum absolute atomic E-state index is 0.108. The average molecular weight is 388 g/mol. The highest BCUT2D eigenvalue weighted by atomic mass is 16.5. The van der Waals surface area contributed by atoms with E-state index in [1.807, 2.05) is 0 Å². The Morgan fingerprint density at radius 1 is 0.893 bits per heavy atom. The lowest BCUT2D eigenvalue weighted by Gasteiger charge is -2.13. The Morgan fingerprint density at radius 2 is 1.54 bits per heavy atom. The molecule has 28 heavy (non-hydrogen) atoms. The van der Waals surface area contributed by atoms with Crippen LogP contribution in [0.4, 0.5) is 0 Å². The first-order valence-corrected chi connectivity index (χ1v) is 8.52. The molecule has 0 aromatic heterocycles. The van der Waals surface area contributed by atoms with Crippen molar-refractivity contribution in [3.63, 3.8) is 0 Å². The lowest BCUT2D eigenvalue weighted by atomic mass is 10.1. The minimum atomic E-state index is -0.229. The summed E-state index contributed by atoms with van der Waals surface area (Å²) in [5, 5.41) is 8.93. The molecular formula is C21H24O7. The summed E-state index contributed by atoms with van der Waals surface area (Å²) in [6.07, 6.45) is 3.11. The van der Waals surface area contributed by atoms with Gasteiger partial charge in [0.05, 0.1) is 35.0 Å². The van der Waals surface area contributed by atoms with Crippen molar-refractivity contribution in [2.24, 2.45) is 0 Å². The number of carbonyl (C=O) groups is 1. The van der Waals surface area contributed by atoms with Crippen molar-refractivity contribution >= 4 is 11.9 Å². The van der Waals surface area contributed by atoms with Crippen LogP contribution in [0.2, 0.25) is 0 Å². The van der Waals surface area contributed by atoms with Gasteiger partial charge in [0, 0.05) is 5.56 Å². The number of benzene rings is 2. The van der Waals surface area contributed by atoms with E-state index in [4.69, 9.17) is 28.8 Å². The predicted molar refractivity (Wildman–Crippen MR) is 105 cm³/mol. The van der Waals surface area contributed by atoms with Crippen molar-refractivity contribution in [3.05, 3.63) is 47.5 Å². The summed E-state index contributed by atoms with van der Waals surface area (Å²) >= 11 is 0. The topological polar surface area (TPSA) is 83.5 Å². The zero-order chi connectivity index (χ0) is 20.5. The number of allylic oxidation sites excluding steroid dienone is 1. The molecule has 0 saturated heterocycles. The van der Waals surface area contributed by atoms with Crippen LogP contribution >= 0.6 is 0 Å². The van der Waals surface area contributed by atoms with Gasteiger partial charge in [-0.3, -0.25) is 4.79 Å². The Bertz CT molecular complexity index is 818. The first-order valence-electron chi connectivity index (χ1n) is 8.52. The van der Waals surface area contributed by atoms with Gasteiger partial charge < -0.3 is 28.8 Å². The Kier molecular flexibility index (Phi) is 7.71. The monoisotopic (exact) mass is 388 g/mol. The molecule has 2 aromatic rings. The number of aliphatic hydroxyl groups is 1. The summed E-state index contributed by atoms with van der Waals surface area (Å²) in [6, 6.07) is 8.45. The summed E-state index contributed by atoms with van der Waals surface area (Å²) in [5.41, 5.74) is 1.14. The van der Waals surface area contributed by atoms with E-state index < -0.39 is 0 Å². The van der Waals surface area contributed by atoms with E-state index in [2.05, 4.69) is 0 Å². The van der Waals surface area contributed by atoms with Crippen LogP contribution in [0.25, 0.3) is 6.08 Å². The maximum atomic E-state index is 12.6. The van der Waals surface area contributed by atoms with Gasteiger partial charge in [-0.2, -0.15) is 0 Å². The van der Waals surface area contributed by atoms with E-state index in [0.29, 0.717) is 34.3 Å². The highest BCUT2D eigenvalue weighted by molar-refractivity contribution is 6.07. The van der Waals surface area contributed by atoms with Crippen LogP contribution in [0.3, 0.4) is 0 Å². The van der Waals surface area contributed by atoms with Gasteiger partial charge in [-0.05, 0) is 35.9 Å². The standard InChI is InChI=1S/C21H24O7/c1-24-17-8-6-14(11-18(17)28-10-9-22)5-7-16(23)15-12-19(25-2)21(27-4)20(13-15)26-3/h5-8,11-13,22H,9-10H2,1-4H3/b7-5+. The SMILES string of the molecule is COc1ccc(/C=C/C(=O)c2cc(OC)c(OC)c(OC)c2)cc1OCCO. The first-order chi connectivity index (χ1) is 13.6. The molecule has 150 valence electrons. The summed E-state index contributed by atoms with van der Waals surface area (Å²) in [4.78, 5) is 12.6. The van der Waals surface area contributed by atoms with Gasteiger partial charge in [0.2, 0.25) is 5.75 Å². The van der Waals surface area contributed by atoms with Gasteiger partial charge in [0.25, 0.3) is 0 Å². The predicted octanol–water partition coefficient (Wildman–Crippen LogP) is 2.99. The van der Waals surface area contributed by atoms with Gasteiger partial charge in [0.15, 0.2) is 28.8 Å². The molecule has 0 unspecified atom stereocenters. The van der Waals surface area contributed by atoms with E-state index in [1.54, 1.807) is 36.4 Å². The van der Waals surface area contributed by atoms with Crippen LogP contribution in [0.1, 0.15) is 15.9 Å². The maximum absolute atomic E-state index is 12.6. The first kappa shape index (κ1) is 21.1. The molecule has 7 heteroatoms. The van der Waals surface area contributed by atoms with E-state index in [9.17, 15) is 4.79 Å². The van der Waals surface area contributed by atoms with Gasteiger partial charge in [-0.15, -0.1) is 0 Å². The quantitative estimate of drug-likeness (QED) is 0.495. The lowest BCUT2D eigenvalue weighted by Crippen LogP contribution is -2.03. The van der Waals surface area contributed by atoms with Crippen LogP contribution in [0.5, 0.6) is 28.7 Å². The normalized spacial score (nSPS) is 10.6. The summed E-state index contributed by atoms with van der Waals surface area (Å²) < 4.78 is 26.5. The molecule has 0 amide bonds. The number of ether oxygens (including phenoxy) is 5. The number of hydrogen-bond donors (Lipinski definition) is 1. The molecule has 0 radical (unpaired) electrons. The fraction of sp³-hybridized carbons (Fsp3) is 0.286. The van der Waals surface area contributed by atoms with Crippen molar-refractivity contribution in [2.45, 2.75) is 0 Å². The molecule has 0 aliphatic carbocycles. The van der Waals surface area contributed by atoms with Gasteiger partial charge >= 0.3 is 0 Å². The van der Waals surface area contributed by atoms with Crippen molar-refractivity contribution in [3.8, 4) is 28.7 Å². The molecule has 0 fully saturated rings. The minimum Gasteiger partial charge on any atom is -0.493 e. The summed E-state index contributed by atoms with van der Waals surface area (Å²) in [5.74, 6) is 2.03. The van der Waals surface area contributed by atoms with E-state index in [-0.39, 0.29) is 19.0 Å². The Labute approximate surface area is 164 Å². The van der Waals surface area contributed by atoms with Crippen LogP contribution in [0, 0.1) is 0 Å². The lowest BCUT2D eigenvalue weighted by molar-refractivity contribution is 0.104. The number of methoxy groups -OCH3 is 4. The molecule has 0 heterocycles. The Balaban J connectivity index is 2.28. The molecule has 0 atom stereocenters. The molecule has 2 aromatic carbocycles. The molecule has 0 bridgehead atoms. The van der Waals surface area contributed by atoms with Crippen LogP contribution in [0.15, 0.2) is 36.4 Å². The van der Waals surface area contributed by atoms with E-state index >= 15 is 0 Å². The average Bonchev–Trinajstić information content (AvgIpc) is 2.74. The molecule has 1 N–H and O–H groups in total.